The van der Waals surface area contributed by atoms with Crippen LogP contribution in [0.25, 0.3) is 0 Å². The summed E-state index contributed by atoms with van der Waals surface area (Å²) in [6.07, 6.45) is 2.63. The molecule has 0 N–H and O–H groups in total. The number of piperidine rings is 1. The van der Waals surface area contributed by atoms with E-state index in [-0.39, 0.29) is 16.5 Å². The first-order chi connectivity index (χ1) is 16.9. The number of ether oxygens (including phenoxy) is 1. The fraction of sp³-hybridized carbons (Fsp3) is 0.296. The number of anilines is 1. The van der Waals surface area contributed by atoms with Crippen molar-refractivity contribution in [1.29, 1.82) is 0 Å². The minimum absolute atomic E-state index is 0.0454. The third kappa shape index (κ3) is 5.82. The highest BCUT2D eigenvalue weighted by Gasteiger charge is 2.32. The van der Waals surface area contributed by atoms with Gasteiger partial charge in [-0.1, -0.05) is 42.5 Å². The quantitative estimate of drug-likeness (QED) is 0.460. The zero-order chi connectivity index (χ0) is 24.8. The van der Waals surface area contributed by atoms with Crippen LogP contribution in [0.3, 0.4) is 0 Å². The van der Waals surface area contributed by atoms with Crippen LogP contribution in [0, 0.1) is 11.7 Å². The van der Waals surface area contributed by atoms with Crippen LogP contribution in [0.5, 0.6) is 5.75 Å². The monoisotopic (exact) mass is 496 g/mol. The van der Waals surface area contributed by atoms with Crippen molar-refractivity contribution in [2.75, 3.05) is 31.0 Å². The molecule has 1 saturated heterocycles. The number of halogens is 1. The van der Waals surface area contributed by atoms with Crippen LogP contribution in [0.15, 0.2) is 83.8 Å². The van der Waals surface area contributed by atoms with E-state index in [1.165, 1.54) is 55.1 Å². The second-order valence-corrected chi connectivity index (χ2v) is 10.5. The molecular formula is C27H29FN2O4S. The molecule has 4 rings (SSSR count). The Hall–Kier alpha value is -3.39. The van der Waals surface area contributed by atoms with Crippen molar-refractivity contribution < 1.29 is 22.3 Å². The van der Waals surface area contributed by atoms with Gasteiger partial charge in [-0.3, -0.25) is 9.10 Å². The molecule has 3 aromatic carbocycles. The Labute approximate surface area is 206 Å². The Bertz CT molecular complexity index is 1240. The topological polar surface area (TPSA) is 66.9 Å². The van der Waals surface area contributed by atoms with E-state index in [4.69, 9.17) is 4.74 Å². The van der Waals surface area contributed by atoms with Crippen LogP contribution < -0.4 is 9.04 Å². The summed E-state index contributed by atoms with van der Waals surface area (Å²) in [7, 11) is -2.71. The van der Waals surface area contributed by atoms with Crippen LogP contribution in [0.1, 0.15) is 18.4 Å². The zero-order valence-corrected chi connectivity index (χ0v) is 20.5. The summed E-state index contributed by atoms with van der Waals surface area (Å²) in [5, 5.41) is 0. The van der Waals surface area contributed by atoms with Gasteiger partial charge >= 0.3 is 0 Å². The van der Waals surface area contributed by atoms with Gasteiger partial charge in [0.05, 0.1) is 17.7 Å². The Kier molecular flexibility index (Phi) is 7.70. The number of para-hydroxylation sites is 1. The van der Waals surface area contributed by atoms with Crippen molar-refractivity contribution in [3.63, 3.8) is 0 Å². The molecular weight excluding hydrogens is 467 g/mol. The highest BCUT2D eigenvalue weighted by molar-refractivity contribution is 7.92. The summed E-state index contributed by atoms with van der Waals surface area (Å²) >= 11 is 0. The van der Waals surface area contributed by atoms with Crippen molar-refractivity contribution in [1.82, 2.24) is 4.90 Å². The average Bonchev–Trinajstić information content (AvgIpc) is 2.88. The second-order valence-electron chi connectivity index (χ2n) is 8.65. The highest BCUT2D eigenvalue weighted by atomic mass is 32.2. The molecule has 35 heavy (non-hydrogen) atoms. The first-order valence-electron chi connectivity index (χ1n) is 11.6. The minimum atomic E-state index is -4.20. The fourth-order valence-corrected chi connectivity index (χ4v) is 5.81. The lowest BCUT2D eigenvalue weighted by molar-refractivity contribution is -0.130. The summed E-state index contributed by atoms with van der Waals surface area (Å²) in [4.78, 5) is 14.8. The number of nitrogens with zero attached hydrogens (tertiary/aromatic N) is 2. The predicted molar refractivity (Wildman–Crippen MR) is 133 cm³/mol. The summed E-state index contributed by atoms with van der Waals surface area (Å²) in [6, 6.07) is 21.7. The van der Waals surface area contributed by atoms with Gasteiger partial charge < -0.3 is 9.64 Å². The summed E-state index contributed by atoms with van der Waals surface area (Å²) in [6.45, 7) is 0.618. The molecule has 6 nitrogen and oxygen atoms in total. The first kappa shape index (κ1) is 24.7. The molecule has 0 aromatic heterocycles. The maximum Gasteiger partial charge on any atom is 0.264 e. The number of sulfonamides is 1. The van der Waals surface area contributed by atoms with Gasteiger partial charge in [-0.15, -0.1) is 0 Å². The smallest absolute Gasteiger partial charge is 0.264 e. The van der Waals surface area contributed by atoms with Crippen LogP contribution in [-0.4, -0.2) is 46.0 Å². The molecule has 8 heteroatoms. The Morgan fingerprint density at radius 3 is 2.23 bits per heavy atom. The lowest BCUT2D eigenvalue weighted by Crippen LogP contribution is -2.46. The van der Waals surface area contributed by atoms with Gasteiger partial charge in [0.1, 0.15) is 18.1 Å². The molecule has 0 atom stereocenters. The van der Waals surface area contributed by atoms with Gasteiger partial charge in [-0.05, 0) is 67.1 Å². The molecule has 1 heterocycles. The number of hydrogen-bond donors (Lipinski definition) is 0. The van der Waals surface area contributed by atoms with Crippen LogP contribution in [0.2, 0.25) is 0 Å². The Morgan fingerprint density at radius 1 is 0.971 bits per heavy atom. The van der Waals surface area contributed by atoms with E-state index in [0.29, 0.717) is 24.8 Å². The number of rotatable bonds is 8. The van der Waals surface area contributed by atoms with E-state index in [1.807, 2.05) is 18.2 Å². The van der Waals surface area contributed by atoms with E-state index in [0.717, 1.165) is 23.6 Å². The van der Waals surface area contributed by atoms with Crippen molar-refractivity contribution in [3.05, 3.63) is 90.2 Å². The third-order valence-corrected chi connectivity index (χ3v) is 8.16. The molecule has 0 spiro atoms. The van der Waals surface area contributed by atoms with Crippen molar-refractivity contribution in [3.8, 4) is 5.75 Å². The largest absolute Gasteiger partial charge is 0.497 e. The van der Waals surface area contributed by atoms with E-state index < -0.39 is 22.4 Å². The fourth-order valence-electron chi connectivity index (χ4n) is 4.39. The molecule has 1 aliphatic heterocycles. The predicted octanol–water partition coefficient (Wildman–Crippen LogP) is 4.51. The molecule has 184 valence electrons. The number of carbonyl (C=O) groups excluding carboxylic acids is 1. The lowest BCUT2D eigenvalue weighted by Gasteiger charge is -2.34. The lowest BCUT2D eigenvalue weighted by atomic mass is 9.90. The van der Waals surface area contributed by atoms with Crippen molar-refractivity contribution >= 4 is 21.6 Å². The van der Waals surface area contributed by atoms with Gasteiger partial charge in [0.15, 0.2) is 0 Å². The van der Waals surface area contributed by atoms with Crippen LogP contribution in [0.4, 0.5) is 10.1 Å². The van der Waals surface area contributed by atoms with E-state index in [1.54, 1.807) is 11.0 Å². The zero-order valence-electron chi connectivity index (χ0n) is 19.6. The molecule has 1 aliphatic rings. The number of methoxy groups -OCH3 is 1. The Morgan fingerprint density at radius 2 is 1.60 bits per heavy atom. The number of likely N-dealkylation sites (tertiary alicyclic amines) is 1. The maximum atomic E-state index is 14.7. The summed E-state index contributed by atoms with van der Waals surface area (Å²) < 4.78 is 47.7. The van der Waals surface area contributed by atoms with Crippen molar-refractivity contribution in [2.45, 2.75) is 24.2 Å². The normalized spacial score (nSPS) is 14.5. The van der Waals surface area contributed by atoms with Gasteiger partial charge in [0.2, 0.25) is 5.91 Å². The molecule has 1 fully saturated rings. The van der Waals surface area contributed by atoms with Crippen molar-refractivity contribution in [2.24, 2.45) is 5.92 Å². The van der Waals surface area contributed by atoms with Gasteiger partial charge in [0, 0.05) is 13.1 Å². The highest BCUT2D eigenvalue weighted by Crippen LogP contribution is 2.28. The third-order valence-electron chi connectivity index (χ3n) is 6.38. The van der Waals surface area contributed by atoms with Gasteiger partial charge in [-0.2, -0.15) is 0 Å². The molecule has 1 amide bonds. The number of hydrogen-bond acceptors (Lipinski definition) is 4. The van der Waals surface area contributed by atoms with Gasteiger partial charge in [-0.25, -0.2) is 12.8 Å². The second kappa shape index (κ2) is 10.9. The average molecular weight is 497 g/mol. The van der Waals surface area contributed by atoms with Crippen LogP contribution >= 0.6 is 0 Å². The molecule has 0 unspecified atom stereocenters. The number of benzene rings is 3. The van der Waals surface area contributed by atoms with E-state index in [9.17, 15) is 17.6 Å². The molecule has 0 saturated carbocycles. The molecule has 0 radical (unpaired) electrons. The number of carbonyl (C=O) groups is 1. The van der Waals surface area contributed by atoms with E-state index >= 15 is 0 Å². The first-order valence-corrected chi connectivity index (χ1v) is 13.1. The molecule has 3 aromatic rings. The summed E-state index contributed by atoms with van der Waals surface area (Å²) in [5.41, 5.74) is 1.12. The maximum absolute atomic E-state index is 14.7. The Balaban J connectivity index is 1.50. The molecule has 0 bridgehead atoms. The number of amides is 1. The van der Waals surface area contributed by atoms with E-state index in [2.05, 4.69) is 12.1 Å². The SMILES string of the molecule is COc1ccc(S(=O)(=O)N(CC(=O)N2CCC(Cc3ccccc3)CC2)c2ccccc2F)cc1. The van der Waals surface area contributed by atoms with Gasteiger partial charge in [0.25, 0.3) is 10.0 Å². The standard InChI is InChI=1S/C27H29FN2O4S/c1-34-23-11-13-24(14-12-23)35(32,33)30(26-10-6-5-9-25(26)28)20-27(31)29-17-15-22(16-18-29)19-21-7-3-2-4-8-21/h2-14,22H,15-20H2,1H3. The summed E-state index contributed by atoms with van der Waals surface area (Å²) in [5.74, 6) is -0.0922. The van der Waals surface area contributed by atoms with Crippen LogP contribution in [-0.2, 0) is 21.2 Å². The molecule has 0 aliphatic carbocycles. The minimum Gasteiger partial charge on any atom is -0.497 e.